The van der Waals surface area contributed by atoms with Crippen LogP contribution < -0.4 is 15.8 Å². The number of alkyl carbamates (subject to hydrolysis) is 1. The summed E-state index contributed by atoms with van der Waals surface area (Å²) in [6, 6.07) is 4.99. The first-order chi connectivity index (χ1) is 14.5. The molecule has 1 rings (SSSR count). The van der Waals surface area contributed by atoms with Crippen LogP contribution in [0.2, 0.25) is 0 Å². The smallest absolute Gasteiger partial charge is 0.407 e. The highest BCUT2D eigenvalue weighted by atomic mass is 16.6. The first-order valence-corrected chi connectivity index (χ1v) is 10.2. The van der Waals surface area contributed by atoms with E-state index in [0.717, 1.165) is 11.1 Å². The van der Waals surface area contributed by atoms with Crippen molar-refractivity contribution in [2.45, 2.75) is 71.4 Å². The van der Waals surface area contributed by atoms with Crippen LogP contribution in [0.3, 0.4) is 0 Å². The van der Waals surface area contributed by atoms with Gasteiger partial charge in [0.05, 0.1) is 6.04 Å². The first-order valence-electron chi connectivity index (χ1n) is 10.2. The average molecular weight is 433 g/mol. The van der Waals surface area contributed by atoms with E-state index in [9.17, 15) is 14.4 Å². The molecule has 0 radical (unpaired) electrons. The summed E-state index contributed by atoms with van der Waals surface area (Å²) in [5.41, 5.74) is 6.33. The summed E-state index contributed by atoms with van der Waals surface area (Å²) < 4.78 is 11.1. The Morgan fingerprint density at radius 3 is 2.55 bits per heavy atom. The topological polar surface area (TPSA) is 128 Å². The lowest BCUT2D eigenvalue weighted by Crippen LogP contribution is -2.42. The van der Waals surface area contributed by atoms with Gasteiger partial charge in [-0.1, -0.05) is 17.9 Å². The quantitative estimate of drug-likeness (QED) is 0.385. The number of benzene rings is 1. The van der Waals surface area contributed by atoms with Gasteiger partial charge in [-0.25, -0.2) is 4.79 Å². The number of rotatable bonds is 10. The fraction of sp³-hybridized carbons (Fsp3) is 0.522. The molecule has 1 atom stereocenters. The minimum absolute atomic E-state index is 0.0914. The molecule has 0 heterocycles. The van der Waals surface area contributed by atoms with Crippen molar-refractivity contribution in [2.24, 2.45) is 5.73 Å². The van der Waals surface area contributed by atoms with Crippen molar-refractivity contribution in [3.63, 3.8) is 0 Å². The van der Waals surface area contributed by atoms with Crippen LogP contribution in [-0.4, -0.2) is 41.3 Å². The second-order valence-corrected chi connectivity index (χ2v) is 8.18. The highest BCUT2D eigenvalue weighted by Gasteiger charge is 2.20. The molecule has 0 aromatic heterocycles. The molecule has 0 unspecified atom stereocenters. The lowest BCUT2D eigenvalue weighted by atomic mass is 10.1. The third-order valence-electron chi connectivity index (χ3n) is 4.04. The summed E-state index contributed by atoms with van der Waals surface area (Å²) in [4.78, 5) is 33.8. The molecule has 1 aromatic carbocycles. The summed E-state index contributed by atoms with van der Waals surface area (Å²) >= 11 is 0. The van der Waals surface area contributed by atoms with E-state index in [1.54, 1.807) is 32.9 Å². The monoisotopic (exact) mass is 432 g/mol. The number of primary amides is 1. The van der Waals surface area contributed by atoms with E-state index in [4.69, 9.17) is 20.3 Å². The molecule has 2 amide bonds. The van der Waals surface area contributed by atoms with Crippen LogP contribution in [0.4, 0.5) is 4.79 Å². The Labute approximate surface area is 183 Å². The fourth-order valence-electron chi connectivity index (χ4n) is 2.50. The average Bonchev–Trinajstić information content (AvgIpc) is 2.63. The van der Waals surface area contributed by atoms with Gasteiger partial charge in [0.25, 0.3) is 0 Å². The van der Waals surface area contributed by atoms with Gasteiger partial charge in [0.15, 0.2) is 0 Å². The molecular weight excluding hydrogens is 400 g/mol. The van der Waals surface area contributed by atoms with E-state index >= 15 is 0 Å². The zero-order chi connectivity index (χ0) is 23.4. The summed E-state index contributed by atoms with van der Waals surface area (Å²) in [6.45, 7) is 7.33. The van der Waals surface area contributed by atoms with E-state index in [-0.39, 0.29) is 19.4 Å². The first kappa shape index (κ1) is 25.8. The number of nitrogens with two attached hydrogens (primary N) is 1. The van der Waals surface area contributed by atoms with E-state index in [2.05, 4.69) is 17.2 Å². The molecule has 0 aliphatic rings. The van der Waals surface area contributed by atoms with E-state index in [1.165, 1.54) is 0 Å². The molecule has 0 bridgehead atoms. The number of unbranched alkanes of at least 4 members (excludes halogenated alkanes) is 1. The van der Waals surface area contributed by atoms with Crippen LogP contribution in [0.15, 0.2) is 18.2 Å². The third-order valence-corrected chi connectivity index (χ3v) is 4.04. The van der Waals surface area contributed by atoms with Crippen molar-refractivity contribution < 1.29 is 29.0 Å². The van der Waals surface area contributed by atoms with Gasteiger partial charge in [0.2, 0.25) is 5.91 Å². The number of carbonyl (C=O) groups excluding carboxylic acids is 2. The molecule has 8 heteroatoms. The Bertz CT molecular complexity index is 833. The maximum Gasteiger partial charge on any atom is 0.407 e. The predicted octanol–water partition coefficient (Wildman–Crippen LogP) is 3.14. The number of aryl methyl sites for hydroxylation is 1. The van der Waals surface area contributed by atoms with Crippen LogP contribution >= 0.6 is 0 Å². The van der Waals surface area contributed by atoms with Crippen molar-refractivity contribution in [3.8, 4) is 17.6 Å². The van der Waals surface area contributed by atoms with Crippen molar-refractivity contribution in [1.29, 1.82) is 0 Å². The molecule has 31 heavy (non-hydrogen) atoms. The zero-order valence-electron chi connectivity index (χ0n) is 18.6. The number of carboxylic acids is 1. The Hall–Kier alpha value is -3.21. The van der Waals surface area contributed by atoms with E-state index in [1.807, 2.05) is 13.0 Å². The molecular formula is C23H32N2O6. The van der Waals surface area contributed by atoms with Gasteiger partial charge in [-0.2, -0.15) is 0 Å². The molecule has 0 saturated carbocycles. The molecule has 8 nitrogen and oxygen atoms in total. The fourth-order valence-corrected chi connectivity index (χ4v) is 2.50. The normalized spacial score (nSPS) is 11.6. The Morgan fingerprint density at radius 1 is 1.23 bits per heavy atom. The Morgan fingerprint density at radius 2 is 1.94 bits per heavy atom. The number of hydrogen-bond donors (Lipinski definition) is 3. The number of carboxylic acid groups (broad SMARTS) is 1. The lowest BCUT2D eigenvalue weighted by Gasteiger charge is -2.23. The maximum absolute atomic E-state index is 12.1. The minimum atomic E-state index is -0.834. The second kappa shape index (κ2) is 12.5. The minimum Gasteiger partial charge on any atom is -0.491 e. The van der Waals surface area contributed by atoms with Crippen molar-refractivity contribution >= 4 is 18.0 Å². The molecule has 0 aliphatic carbocycles. The molecule has 0 fully saturated rings. The van der Waals surface area contributed by atoms with E-state index in [0.29, 0.717) is 25.0 Å². The van der Waals surface area contributed by atoms with Crippen molar-refractivity contribution in [3.05, 3.63) is 29.3 Å². The van der Waals surface area contributed by atoms with E-state index < -0.39 is 29.6 Å². The summed E-state index contributed by atoms with van der Waals surface area (Å²) in [5, 5.41) is 11.4. The summed E-state index contributed by atoms with van der Waals surface area (Å²) in [7, 11) is 0. The maximum atomic E-state index is 12.1. The van der Waals surface area contributed by atoms with Crippen LogP contribution in [0.1, 0.15) is 64.0 Å². The molecule has 0 aliphatic heterocycles. The van der Waals surface area contributed by atoms with Crippen molar-refractivity contribution in [1.82, 2.24) is 5.32 Å². The van der Waals surface area contributed by atoms with Gasteiger partial charge < -0.3 is 25.6 Å². The molecule has 4 N–H and O–H groups in total. The third kappa shape index (κ3) is 12.2. The van der Waals surface area contributed by atoms with Gasteiger partial charge in [0.1, 0.15) is 18.0 Å². The second-order valence-electron chi connectivity index (χ2n) is 8.18. The number of nitrogens with one attached hydrogen (secondary N) is 1. The lowest BCUT2D eigenvalue weighted by molar-refractivity contribution is -0.137. The number of amides is 2. The van der Waals surface area contributed by atoms with Gasteiger partial charge in [-0.05, 0) is 58.2 Å². The molecule has 170 valence electrons. The van der Waals surface area contributed by atoms with Gasteiger partial charge in [-0.3, -0.25) is 9.59 Å². The largest absolute Gasteiger partial charge is 0.491 e. The summed E-state index contributed by atoms with van der Waals surface area (Å²) in [6.07, 6.45) is 0.902. The van der Waals surface area contributed by atoms with Gasteiger partial charge in [0, 0.05) is 24.8 Å². The number of hydrogen-bond acceptors (Lipinski definition) is 5. The number of ether oxygens (including phenoxy) is 2. The molecule has 1 aromatic rings. The molecule has 0 spiro atoms. The van der Waals surface area contributed by atoms with Crippen LogP contribution in [0.25, 0.3) is 0 Å². The SMILES string of the molecule is Cc1ccc(OC[C@H](CCC(N)=O)NC(=O)OC(C)(C)C)cc1C#CCCCC(=O)O. The highest BCUT2D eigenvalue weighted by Crippen LogP contribution is 2.18. The van der Waals surface area contributed by atoms with Crippen LogP contribution in [0.5, 0.6) is 5.75 Å². The Kier molecular flexibility index (Phi) is 10.4. The Balaban J connectivity index is 2.75. The number of aliphatic carboxylic acids is 1. The molecule has 0 saturated heterocycles. The van der Waals surface area contributed by atoms with Crippen LogP contribution in [-0.2, 0) is 14.3 Å². The van der Waals surface area contributed by atoms with Gasteiger partial charge >= 0.3 is 12.1 Å². The standard InChI is InChI=1S/C23H32N2O6/c1-16-10-12-19(14-17(16)8-6-5-7-9-21(27)28)30-15-18(11-13-20(24)26)25-22(29)31-23(2,3)4/h10,12,14,18H,5,7,9,11,13,15H2,1-4H3,(H2,24,26)(H,25,29)(H,27,28)/t18-/m0/s1. The zero-order valence-corrected chi connectivity index (χ0v) is 18.6. The highest BCUT2D eigenvalue weighted by molar-refractivity contribution is 5.74. The van der Waals surface area contributed by atoms with Gasteiger partial charge in [-0.15, -0.1) is 0 Å². The van der Waals surface area contributed by atoms with Crippen LogP contribution in [0, 0.1) is 18.8 Å². The predicted molar refractivity (Wildman–Crippen MR) is 117 cm³/mol. The number of carbonyl (C=O) groups is 3. The van der Waals surface area contributed by atoms with Crippen molar-refractivity contribution in [2.75, 3.05) is 6.61 Å². The summed E-state index contributed by atoms with van der Waals surface area (Å²) in [5.74, 6) is 5.28.